The van der Waals surface area contributed by atoms with Crippen LogP contribution in [0.1, 0.15) is 16.1 Å². The van der Waals surface area contributed by atoms with E-state index in [0.29, 0.717) is 16.4 Å². The number of anilines is 1. The Morgan fingerprint density at radius 1 is 1.19 bits per heavy atom. The van der Waals surface area contributed by atoms with E-state index in [-0.39, 0.29) is 18.0 Å². The molecule has 26 heavy (non-hydrogen) atoms. The van der Waals surface area contributed by atoms with Crippen LogP contribution in [0.2, 0.25) is 0 Å². The number of halogens is 1. The van der Waals surface area contributed by atoms with Crippen LogP contribution in [0.25, 0.3) is 10.6 Å². The molecule has 0 aliphatic carbocycles. The highest BCUT2D eigenvalue weighted by Gasteiger charge is 2.11. The average Bonchev–Trinajstić information content (AvgIpc) is 3.09. The number of urea groups is 1. The van der Waals surface area contributed by atoms with Gasteiger partial charge in [-0.3, -0.25) is 0 Å². The molecule has 0 saturated heterocycles. The Morgan fingerprint density at radius 3 is 2.69 bits per heavy atom. The highest BCUT2D eigenvalue weighted by atomic mass is 32.1. The summed E-state index contributed by atoms with van der Waals surface area (Å²) in [7, 11) is 0. The largest absolute Gasteiger partial charge is 0.456 e. The molecular weight excluding hydrogens is 357 g/mol. The van der Waals surface area contributed by atoms with Crippen molar-refractivity contribution in [2.75, 3.05) is 5.32 Å². The van der Waals surface area contributed by atoms with Gasteiger partial charge in [0.15, 0.2) is 0 Å². The molecule has 132 valence electrons. The smallest absolute Gasteiger partial charge is 0.338 e. The van der Waals surface area contributed by atoms with Gasteiger partial charge in [0, 0.05) is 16.6 Å². The van der Waals surface area contributed by atoms with Gasteiger partial charge >= 0.3 is 12.0 Å². The van der Waals surface area contributed by atoms with E-state index in [0.717, 1.165) is 5.56 Å². The number of thiazole rings is 1. The molecule has 1 aromatic heterocycles. The minimum atomic E-state index is -0.716. The number of nitrogens with one attached hydrogen (secondary N) is 1. The second-order valence-electron chi connectivity index (χ2n) is 5.30. The Morgan fingerprint density at radius 2 is 1.96 bits per heavy atom. The van der Waals surface area contributed by atoms with Crippen molar-refractivity contribution in [2.45, 2.75) is 6.61 Å². The number of aromatic nitrogens is 1. The van der Waals surface area contributed by atoms with Crippen molar-refractivity contribution < 1.29 is 18.7 Å². The van der Waals surface area contributed by atoms with Crippen LogP contribution < -0.4 is 11.1 Å². The molecule has 2 aromatic carbocycles. The maximum absolute atomic E-state index is 13.0. The summed E-state index contributed by atoms with van der Waals surface area (Å²) in [4.78, 5) is 27.4. The molecule has 6 nitrogen and oxygen atoms in total. The number of carbonyl (C=O) groups is 2. The first-order valence-corrected chi connectivity index (χ1v) is 8.43. The highest BCUT2D eigenvalue weighted by molar-refractivity contribution is 7.13. The Balaban J connectivity index is 1.63. The number of carbonyl (C=O) groups excluding carboxylic acids is 2. The van der Waals surface area contributed by atoms with E-state index in [1.54, 1.807) is 35.7 Å². The minimum absolute atomic E-state index is 0.00397. The van der Waals surface area contributed by atoms with E-state index >= 15 is 0 Å². The SMILES string of the molecule is NC(=O)Nc1cccc(C(=O)OCc2csc(-c3ccc(F)cc3)n2)c1. The zero-order valence-electron chi connectivity index (χ0n) is 13.4. The molecule has 0 spiro atoms. The fourth-order valence-corrected chi connectivity index (χ4v) is 3.00. The summed E-state index contributed by atoms with van der Waals surface area (Å²) in [5, 5.41) is 4.88. The van der Waals surface area contributed by atoms with Gasteiger partial charge < -0.3 is 15.8 Å². The number of esters is 1. The predicted octanol–water partition coefficient (Wildman–Crippen LogP) is 3.80. The van der Waals surface area contributed by atoms with Crippen LogP contribution in [0.15, 0.2) is 53.9 Å². The molecule has 2 amide bonds. The van der Waals surface area contributed by atoms with Crippen molar-refractivity contribution in [1.29, 1.82) is 0 Å². The van der Waals surface area contributed by atoms with E-state index in [2.05, 4.69) is 10.3 Å². The molecule has 0 saturated carbocycles. The summed E-state index contributed by atoms with van der Waals surface area (Å²) >= 11 is 1.38. The maximum Gasteiger partial charge on any atom is 0.338 e. The molecule has 0 fully saturated rings. The number of amides is 2. The van der Waals surface area contributed by atoms with Crippen molar-refractivity contribution in [3.8, 4) is 10.6 Å². The number of primary amides is 1. The van der Waals surface area contributed by atoms with Gasteiger partial charge in [-0.15, -0.1) is 11.3 Å². The van der Waals surface area contributed by atoms with Crippen LogP contribution in [0.5, 0.6) is 0 Å². The number of nitrogens with zero attached hydrogens (tertiary/aromatic N) is 1. The Bertz CT molecular complexity index is 941. The van der Waals surface area contributed by atoms with E-state index in [4.69, 9.17) is 10.5 Å². The van der Waals surface area contributed by atoms with Gasteiger partial charge in [0.1, 0.15) is 17.4 Å². The lowest BCUT2D eigenvalue weighted by molar-refractivity contribution is 0.0468. The summed E-state index contributed by atoms with van der Waals surface area (Å²) in [6.07, 6.45) is 0. The molecule has 8 heteroatoms. The molecular formula is C18H14FN3O3S. The molecule has 3 rings (SSSR count). The van der Waals surface area contributed by atoms with Crippen LogP contribution in [0.4, 0.5) is 14.9 Å². The minimum Gasteiger partial charge on any atom is -0.456 e. The summed E-state index contributed by atoms with van der Waals surface area (Å²) in [5.74, 6) is -0.859. The van der Waals surface area contributed by atoms with Gasteiger partial charge in [-0.25, -0.2) is 19.0 Å². The first-order chi connectivity index (χ1) is 12.5. The summed E-state index contributed by atoms with van der Waals surface area (Å²) < 4.78 is 18.2. The molecule has 0 unspecified atom stereocenters. The number of nitrogens with two attached hydrogens (primary N) is 1. The Hall–Kier alpha value is -3.26. The van der Waals surface area contributed by atoms with Crippen molar-refractivity contribution in [2.24, 2.45) is 5.73 Å². The third-order valence-corrected chi connectivity index (χ3v) is 4.30. The Kier molecular flexibility index (Phi) is 5.23. The zero-order valence-corrected chi connectivity index (χ0v) is 14.3. The van der Waals surface area contributed by atoms with Crippen LogP contribution in [-0.2, 0) is 11.3 Å². The second kappa shape index (κ2) is 7.75. The van der Waals surface area contributed by atoms with Crippen LogP contribution in [-0.4, -0.2) is 17.0 Å². The molecule has 0 aliphatic rings. The van der Waals surface area contributed by atoms with Gasteiger partial charge in [-0.1, -0.05) is 6.07 Å². The average molecular weight is 371 g/mol. The summed E-state index contributed by atoms with van der Waals surface area (Å²) in [6, 6.07) is 11.5. The summed E-state index contributed by atoms with van der Waals surface area (Å²) in [6.45, 7) is 0.00397. The lowest BCUT2D eigenvalue weighted by Crippen LogP contribution is -2.19. The standard InChI is InChI=1S/C18H14FN3O3S/c19-13-6-4-11(5-7-13)16-21-15(10-26-16)9-25-17(23)12-2-1-3-14(8-12)22-18(20)24/h1-8,10H,9H2,(H3,20,22,24). The van der Waals surface area contributed by atoms with Gasteiger partial charge in [0.25, 0.3) is 0 Å². The molecule has 0 radical (unpaired) electrons. The zero-order chi connectivity index (χ0) is 18.5. The quantitative estimate of drug-likeness (QED) is 0.667. The normalized spacial score (nSPS) is 10.3. The fraction of sp³-hybridized carbons (Fsp3) is 0.0556. The third-order valence-electron chi connectivity index (χ3n) is 3.36. The summed E-state index contributed by atoms with van der Waals surface area (Å²) in [5.41, 5.74) is 7.12. The number of ether oxygens (including phenoxy) is 1. The van der Waals surface area contributed by atoms with Crippen LogP contribution in [0, 0.1) is 5.82 Å². The lowest BCUT2D eigenvalue weighted by Gasteiger charge is -2.05. The highest BCUT2D eigenvalue weighted by Crippen LogP contribution is 2.24. The topological polar surface area (TPSA) is 94.3 Å². The van der Waals surface area contributed by atoms with E-state index in [1.807, 2.05) is 0 Å². The van der Waals surface area contributed by atoms with Crippen molar-refractivity contribution in [3.05, 3.63) is 71.0 Å². The van der Waals surface area contributed by atoms with Crippen LogP contribution >= 0.6 is 11.3 Å². The monoisotopic (exact) mass is 371 g/mol. The van der Waals surface area contributed by atoms with Crippen LogP contribution in [0.3, 0.4) is 0 Å². The maximum atomic E-state index is 13.0. The number of benzene rings is 2. The third kappa shape index (κ3) is 4.42. The number of rotatable bonds is 5. The molecule has 1 heterocycles. The molecule has 0 bridgehead atoms. The fourth-order valence-electron chi connectivity index (χ4n) is 2.19. The van der Waals surface area contributed by atoms with Gasteiger partial charge in [-0.2, -0.15) is 0 Å². The van der Waals surface area contributed by atoms with Crippen molar-refractivity contribution >= 4 is 29.0 Å². The number of hydrogen-bond acceptors (Lipinski definition) is 5. The Labute approximate surface area is 152 Å². The first kappa shape index (κ1) is 17.6. The van der Waals surface area contributed by atoms with Crippen molar-refractivity contribution in [3.63, 3.8) is 0 Å². The molecule has 3 aromatic rings. The van der Waals surface area contributed by atoms with Gasteiger partial charge in [0.05, 0.1) is 11.3 Å². The number of hydrogen-bond donors (Lipinski definition) is 2. The van der Waals surface area contributed by atoms with Crippen molar-refractivity contribution in [1.82, 2.24) is 4.98 Å². The molecule has 0 atom stereocenters. The van der Waals surface area contributed by atoms with Gasteiger partial charge in [0.2, 0.25) is 0 Å². The molecule has 0 aliphatic heterocycles. The van der Waals surface area contributed by atoms with E-state index in [1.165, 1.54) is 29.5 Å². The van der Waals surface area contributed by atoms with Gasteiger partial charge in [-0.05, 0) is 42.5 Å². The van der Waals surface area contributed by atoms with E-state index < -0.39 is 12.0 Å². The first-order valence-electron chi connectivity index (χ1n) is 7.55. The predicted molar refractivity (Wildman–Crippen MR) is 96.3 cm³/mol. The van der Waals surface area contributed by atoms with E-state index in [9.17, 15) is 14.0 Å². The lowest BCUT2D eigenvalue weighted by atomic mass is 10.2. The molecule has 3 N–H and O–H groups in total. The second-order valence-corrected chi connectivity index (χ2v) is 6.16.